The number of thiazole rings is 1. The highest BCUT2D eigenvalue weighted by atomic mass is 32.1. The standard InChI is InChI=1S/C16H18N2O5S/c1-20-12-5-4-11(13(21-2)14(12)22-3)15(19)18-8-10(9-18)23-16-17-6-7-24-16/h4-7,10H,8-9H2,1-3H3. The summed E-state index contributed by atoms with van der Waals surface area (Å²) in [6, 6.07) is 3.37. The number of methoxy groups -OCH3 is 3. The lowest BCUT2D eigenvalue weighted by Crippen LogP contribution is -2.56. The van der Waals surface area contributed by atoms with Gasteiger partial charge in [0.2, 0.25) is 5.75 Å². The van der Waals surface area contributed by atoms with E-state index in [1.165, 1.54) is 32.7 Å². The maximum Gasteiger partial charge on any atom is 0.273 e. The number of nitrogens with zero attached hydrogens (tertiary/aromatic N) is 2. The van der Waals surface area contributed by atoms with Crippen molar-refractivity contribution in [2.24, 2.45) is 0 Å². The van der Waals surface area contributed by atoms with Gasteiger partial charge < -0.3 is 23.8 Å². The fraction of sp³-hybridized carbons (Fsp3) is 0.375. The molecule has 0 radical (unpaired) electrons. The highest BCUT2D eigenvalue weighted by Crippen LogP contribution is 2.40. The maximum absolute atomic E-state index is 12.7. The molecular weight excluding hydrogens is 332 g/mol. The smallest absolute Gasteiger partial charge is 0.273 e. The van der Waals surface area contributed by atoms with Gasteiger partial charge in [0.05, 0.1) is 40.0 Å². The Morgan fingerprint density at radius 1 is 1.17 bits per heavy atom. The minimum Gasteiger partial charge on any atom is -0.493 e. The van der Waals surface area contributed by atoms with Crippen LogP contribution in [0.3, 0.4) is 0 Å². The first-order valence-corrected chi connectivity index (χ1v) is 8.20. The van der Waals surface area contributed by atoms with Crippen molar-refractivity contribution in [1.29, 1.82) is 0 Å². The fourth-order valence-corrected chi connectivity index (χ4v) is 3.08. The van der Waals surface area contributed by atoms with Crippen molar-refractivity contribution in [3.63, 3.8) is 0 Å². The Labute approximate surface area is 143 Å². The van der Waals surface area contributed by atoms with Crippen molar-refractivity contribution < 1.29 is 23.7 Å². The van der Waals surface area contributed by atoms with E-state index in [0.29, 0.717) is 41.1 Å². The van der Waals surface area contributed by atoms with Gasteiger partial charge in [0.15, 0.2) is 11.5 Å². The number of hydrogen-bond acceptors (Lipinski definition) is 7. The van der Waals surface area contributed by atoms with Crippen molar-refractivity contribution >= 4 is 17.2 Å². The lowest BCUT2D eigenvalue weighted by atomic mass is 10.1. The first kappa shape index (κ1) is 16.4. The van der Waals surface area contributed by atoms with Gasteiger partial charge in [-0.05, 0) is 12.1 Å². The van der Waals surface area contributed by atoms with E-state index < -0.39 is 0 Å². The highest BCUT2D eigenvalue weighted by Gasteiger charge is 2.35. The maximum atomic E-state index is 12.7. The molecule has 0 atom stereocenters. The van der Waals surface area contributed by atoms with Crippen LogP contribution < -0.4 is 18.9 Å². The SMILES string of the molecule is COc1ccc(C(=O)N2CC(Oc3nccs3)C2)c(OC)c1OC. The average molecular weight is 350 g/mol. The third-order valence-corrected chi connectivity index (χ3v) is 4.41. The van der Waals surface area contributed by atoms with Gasteiger partial charge in [0, 0.05) is 11.6 Å². The Kier molecular flexibility index (Phi) is 4.75. The summed E-state index contributed by atoms with van der Waals surface area (Å²) in [5.74, 6) is 1.15. The van der Waals surface area contributed by atoms with Crippen LogP contribution in [-0.2, 0) is 0 Å². The Balaban J connectivity index is 1.72. The number of aromatic nitrogens is 1. The Bertz CT molecular complexity index is 714. The Morgan fingerprint density at radius 2 is 1.92 bits per heavy atom. The second-order valence-corrected chi connectivity index (χ2v) is 5.99. The minimum atomic E-state index is -0.133. The third-order valence-electron chi connectivity index (χ3n) is 3.75. The molecule has 0 N–H and O–H groups in total. The lowest BCUT2D eigenvalue weighted by Gasteiger charge is -2.38. The predicted molar refractivity (Wildman–Crippen MR) is 88.5 cm³/mol. The van der Waals surface area contributed by atoms with Gasteiger partial charge in [-0.15, -0.1) is 0 Å². The summed E-state index contributed by atoms with van der Waals surface area (Å²) in [5.41, 5.74) is 0.433. The zero-order chi connectivity index (χ0) is 17.1. The van der Waals surface area contributed by atoms with Crippen LogP contribution in [0.25, 0.3) is 0 Å². The summed E-state index contributed by atoms with van der Waals surface area (Å²) in [4.78, 5) is 18.5. The summed E-state index contributed by atoms with van der Waals surface area (Å²) in [5, 5.41) is 2.47. The molecule has 1 aromatic heterocycles. The fourth-order valence-electron chi connectivity index (χ4n) is 2.53. The molecule has 1 aromatic carbocycles. The Hall–Kier alpha value is -2.48. The topological polar surface area (TPSA) is 70.1 Å². The van der Waals surface area contributed by atoms with E-state index in [1.54, 1.807) is 23.2 Å². The quantitative estimate of drug-likeness (QED) is 0.794. The van der Waals surface area contributed by atoms with Crippen molar-refractivity contribution in [2.75, 3.05) is 34.4 Å². The van der Waals surface area contributed by atoms with Crippen LogP contribution in [0.2, 0.25) is 0 Å². The summed E-state index contributed by atoms with van der Waals surface area (Å²) in [6.07, 6.45) is 1.65. The van der Waals surface area contributed by atoms with Crippen LogP contribution in [0.15, 0.2) is 23.7 Å². The number of likely N-dealkylation sites (tertiary alicyclic amines) is 1. The third kappa shape index (κ3) is 2.96. The van der Waals surface area contributed by atoms with Gasteiger partial charge in [0.25, 0.3) is 11.1 Å². The van der Waals surface area contributed by atoms with E-state index in [1.807, 2.05) is 5.38 Å². The first-order chi connectivity index (χ1) is 11.7. The molecule has 1 amide bonds. The number of benzene rings is 1. The van der Waals surface area contributed by atoms with E-state index >= 15 is 0 Å². The van der Waals surface area contributed by atoms with Crippen molar-refractivity contribution in [1.82, 2.24) is 9.88 Å². The molecule has 1 aliphatic rings. The Morgan fingerprint density at radius 3 is 2.50 bits per heavy atom. The molecule has 3 rings (SSSR count). The second-order valence-electron chi connectivity index (χ2n) is 5.13. The van der Waals surface area contributed by atoms with Crippen LogP contribution >= 0.6 is 11.3 Å². The van der Waals surface area contributed by atoms with Crippen LogP contribution in [0.4, 0.5) is 0 Å². The van der Waals surface area contributed by atoms with Crippen molar-refractivity contribution in [2.45, 2.75) is 6.10 Å². The summed E-state index contributed by atoms with van der Waals surface area (Å²) in [7, 11) is 4.55. The minimum absolute atomic E-state index is 0.0359. The monoisotopic (exact) mass is 350 g/mol. The number of amides is 1. The largest absolute Gasteiger partial charge is 0.493 e. The van der Waals surface area contributed by atoms with Gasteiger partial charge in [0.1, 0.15) is 6.10 Å². The first-order valence-electron chi connectivity index (χ1n) is 7.32. The molecule has 128 valence electrons. The van der Waals surface area contributed by atoms with Gasteiger partial charge in [-0.2, -0.15) is 0 Å². The lowest BCUT2D eigenvalue weighted by molar-refractivity contribution is 0.0174. The number of carbonyl (C=O) groups is 1. The predicted octanol–water partition coefficient (Wildman–Crippen LogP) is 2.07. The van der Waals surface area contributed by atoms with E-state index in [9.17, 15) is 4.79 Å². The molecule has 1 fully saturated rings. The van der Waals surface area contributed by atoms with Gasteiger partial charge in [-0.25, -0.2) is 4.98 Å². The molecule has 2 aromatic rings. The number of rotatable bonds is 6. The molecule has 0 unspecified atom stereocenters. The van der Waals surface area contributed by atoms with Crippen molar-refractivity contribution in [3.8, 4) is 22.4 Å². The molecule has 0 saturated carbocycles. The molecule has 2 heterocycles. The van der Waals surface area contributed by atoms with Crippen LogP contribution in [0, 0.1) is 0 Å². The van der Waals surface area contributed by atoms with E-state index in [-0.39, 0.29) is 12.0 Å². The van der Waals surface area contributed by atoms with Gasteiger partial charge in [-0.3, -0.25) is 4.79 Å². The molecule has 0 bridgehead atoms. The van der Waals surface area contributed by atoms with Crippen LogP contribution in [-0.4, -0.2) is 56.3 Å². The number of hydrogen-bond donors (Lipinski definition) is 0. The summed E-state index contributed by atoms with van der Waals surface area (Å²) < 4.78 is 21.6. The molecule has 0 spiro atoms. The normalized spacial score (nSPS) is 14.0. The van der Waals surface area contributed by atoms with Crippen LogP contribution in [0.1, 0.15) is 10.4 Å². The highest BCUT2D eigenvalue weighted by molar-refractivity contribution is 7.11. The summed E-state index contributed by atoms with van der Waals surface area (Å²) in [6.45, 7) is 1.02. The average Bonchev–Trinajstić information content (AvgIpc) is 3.08. The zero-order valence-corrected chi connectivity index (χ0v) is 14.5. The van der Waals surface area contributed by atoms with Gasteiger partial charge in [-0.1, -0.05) is 11.3 Å². The van der Waals surface area contributed by atoms with E-state index in [4.69, 9.17) is 18.9 Å². The number of carbonyl (C=O) groups excluding carboxylic acids is 1. The number of ether oxygens (including phenoxy) is 4. The van der Waals surface area contributed by atoms with E-state index in [0.717, 1.165) is 0 Å². The molecule has 8 heteroatoms. The second kappa shape index (κ2) is 6.96. The molecular formula is C16H18N2O5S. The van der Waals surface area contributed by atoms with Crippen LogP contribution in [0.5, 0.6) is 22.4 Å². The zero-order valence-electron chi connectivity index (χ0n) is 13.6. The molecule has 1 aliphatic heterocycles. The molecule has 7 nitrogen and oxygen atoms in total. The van der Waals surface area contributed by atoms with E-state index in [2.05, 4.69) is 4.98 Å². The molecule has 0 aliphatic carbocycles. The molecule has 1 saturated heterocycles. The summed E-state index contributed by atoms with van der Waals surface area (Å²) >= 11 is 1.43. The molecule has 24 heavy (non-hydrogen) atoms. The van der Waals surface area contributed by atoms with Gasteiger partial charge >= 0.3 is 0 Å². The van der Waals surface area contributed by atoms with Crippen molar-refractivity contribution in [3.05, 3.63) is 29.3 Å².